The van der Waals surface area contributed by atoms with Crippen LogP contribution in [0, 0.1) is 5.92 Å². The van der Waals surface area contributed by atoms with Crippen molar-refractivity contribution in [2.75, 3.05) is 20.8 Å². The molecule has 3 heterocycles. The number of allylic oxidation sites excluding steroid dienone is 1. The van der Waals surface area contributed by atoms with E-state index in [-0.39, 0.29) is 37.0 Å². The van der Waals surface area contributed by atoms with Gasteiger partial charge in [0.25, 0.3) is 0 Å². The molecule has 2 amide bonds. The molecule has 1 saturated carbocycles. The summed E-state index contributed by atoms with van der Waals surface area (Å²) in [5.41, 5.74) is 5.94. The van der Waals surface area contributed by atoms with Crippen LogP contribution in [0.25, 0.3) is 10.9 Å². The Labute approximate surface area is 249 Å². The molecule has 230 valence electrons. The third kappa shape index (κ3) is 6.43. The van der Waals surface area contributed by atoms with Gasteiger partial charge in [0, 0.05) is 29.9 Å². The molecule has 1 aromatic carbocycles. The molecule has 3 aliphatic rings. The molecule has 0 spiro atoms. The van der Waals surface area contributed by atoms with Gasteiger partial charge in [-0.1, -0.05) is 25.0 Å². The number of nitrogens with zero attached hydrogens (tertiary/aromatic N) is 2. The van der Waals surface area contributed by atoms with E-state index < -0.39 is 41.6 Å². The van der Waals surface area contributed by atoms with E-state index in [0.29, 0.717) is 35.2 Å². The Kier molecular flexibility index (Phi) is 8.86. The SMILES string of the molecule is COC(=O)Cc1cc(O[C@@H]2C[C@H]3C(=O)N[C@]4(C(=O)OC)CC4/C=C\CCCCC[C@H](N)C(=O)N3C2)c2ccc(O)cc2n1. The summed E-state index contributed by atoms with van der Waals surface area (Å²) in [5, 5.41) is 13.5. The second-order valence-corrected chi connectivity index (χ2v) is 11.5. The number of aromatic hydroxyl groups is 1. The Morgan fingerprint density at radius 1 is 1.16 bits per heavy atom. The number of benzene rings is 1. The van der Waals surface area contributed by atoms with Gasteiger partial charge in [-0.25, -0.2) is 4.79 Å². The molecule has 5 rings (SSSR count). The fraction of sp³-hybridized carbons (Fsp3) is 0.516. The number of nitrogens with two attached hydrogens (primary N) is 1. The van der Waals surface area contributed by atoms with Crippen LogP contribution in [-0.2, 0) is 35.1 Å². The van der Waals surface area contributed by atoms with E-state index in [9.17, 15) is 24.3 Å². The van der Waals surface area contributed by atoms with Crippen molar-refractivity contribution >= 4 is 34.7 Å². The van der Waals surface area contributed by atoms with E-state index in [2.05, 4.69) is 10.3 Å². The van der Waals surface area contributed by atoms with Crippen LogP contribution < -0.4 is 15.8 Å². The molecule has 0 bridgehead atoms. The summed E-state index contributed by atoms with van der Waals surface area (Å²) in [7, 11) is 2.57. The van der Waals surface area contributed by atoms with Gasteiger partial charge in [-0.3, -0.25) is 19.4 Å². The summed E-state index contributed by atoms with van der Waals surface area (Å²) in [6.45, 7) is 0.0907. The molecular formula is C31H38N4O8. The Morgan fingerprint density at radius 3 is 2.74 bits per heavy atom. The minimum Gasteiger partial charge on any atom is -0.508 e. The average molecular weight is 595 g/mol. The lowest BCUT2D eigenvalue weighted by Gasteiger charge is -2.28. The van der Waals surface area contributed by atoms with E-state index in [1.807, 2.05) is 12.2 Å². The Morgan fingerprint density at radius 2 is 1.98 bits per heavy atom. The zero-order valence-electron chi connectivity index (χ0n) is 24.4. The number of hydrogen-bond donors (Lipinski definition) is 3. The number of carbonyl (C=O) groups excluding carboxylic acids is 4. The number of fused-ring (bicyclic) bond motifs is 3. The van der Waals surface area contributed by atoms with Crippen LogP contribution in [-0.4, -0.2) is 83.2 Å². The van der Waals surface area contributed by atoms with Gasteiger partial charge in [0.15, 0.2) is 0 Å². The van der Waals surface area contributed by atoms with Gasteiger partial charge in [-0.2, -0.15) is 0 Å². The molecule has 2 aliphatic heterocycles. The number of phenolic OH excluding ortho intramolecular Hbond substituents is 1. The van der Waals surface area contributed by atoms with Gasteiger partial charge in [-0.05, 0) is 37.8 Å². The van der Waals surface area contributed by atoms with Crippen molar-refractivity contribution in [2.24, 2.45) is 11.7 Å². The summed E-state index contributed by atoms with van der Waals surface area (Å²) in [5.74, 6) is -1.65. The number of phenols is 1. The first-order valence-corrected chi connectivity index (χ1v) is 14.6. The standard InChI is InChI=1S/C31H38N4O8/c1-41-27(37)13-19-12-26(22-11-10-20(36)14-24(22)33-19)43-21-15-25-28(38)34-31(30(40)42-2)16-18(31)8-6-4-3-5-7-9-23(32)29(39)35(25)17-21/h6,8,10-12,14,18,21,23,25,36H,3-5,7,9,13,15-17,32H2,1-2H3,(H,34,38)/b8-6-/t18?,21-,23+,25+,31-/m1/s1. The maximum atomic E-state index is 13.8. The fourth-order valence-corrected chi connectivity index (χ4v) is 6.03. The van der Waals surface area contributed by atoms with Crippen LogP contribution in [0.1, 0.15) is 50.6 Å². The maximum Gasteiger partial charge on any atom is 0.332 e. The highest BCUT2D eigenvalue weighted by Gasteiger charge is 2.62. The minimum atomic E-state index is -1.18. The number of methoxy groups -OCH3 is 2. The van der Waals surface area contributed by atoms with Crippen molar-refractivity contribution in [3.8, 4) is 11.5 Å². The number of rotatable bonds is 5. The van der Waals surface area contributed by atoms with Gasteiger partial charge in [0.05, 0.1) is 44.4 Å². The molecule has 1 saturated heterocycles. The van der Waals surface area contributed by atoms with Crippen molar-refractivity contribution in [3.63, 3.8) is 0 Å². The topological polar surface area (TPSA) is 170 Å². The summed E-state index contributed by atoms with van der Waals surface area (Å²) < 4.78 is 16.2. The van der Waals surface area contributed by atoms with Crippen LogP contribution in [0.3, 0.4) is 0 Å². The highest BCUT2D eigenvalue weighted by atomic mass is 16.5. The first-order chi connectivity index (χ1) is 20.6. The molecule has 2 aromatic rings. The molecule has 1 aliphatic carbocycles. The zero-order valence-corrected chi connectivity index (χ0v) is 24.4. The lowest BCUT2D eigenvalue weighted by molar-refractivity contribution is -0.148. The smallest absolute Gasteiger partial charge is 0.332 e. The summed E-state index contributed by atoms with van der Waals surface area (Å²) in [6, 6.07) is 4.52. The number of amides is 2. The Balaban J connectivity index is 1.44. The Bertz CT molecular complexity index is 1440. The number of aromatic nitrogens is 1. The monoisotopic (exact) mass is 594 g/mol. The normalized spacial score (nSPS) is 28.5. The second-order valence-electron chi connectivity index (χ2n) is 11.5. The van der Waals surface area contributed by atoms with Crippen LogP contribution in [0.15, 0.2) is 36.4 Å². The van der Waals surface area contributed by atoms with Gasteiger partial charge in [0.2, 0.25) is 11.8 Å². The molecule has 4 N–H and O–H groups in total. The van der Waals surface area contributed by atoms with Crippen LogP contribution in [0.4, 0.5) is 0 Å². The number of ether oxygens (including phenoxy) is 3. The average Bonchev–Trinajstić information content (AvgIpc) is 3.51. The molecular weight excluding hydrogens is 556 g/mol. The predicted molar refractivity (Wildman–Crippen MR) is 155 cm³/mol. The molecule has 12 heteroatoms. The number of carbonyl (C=O) groups is 4. The number of esters is 2. The molecule has 43 heavy (non-hydrogen) atoms. The molecule has 0 radical (unpaired) electrons. The van der Waals surface area contributed by atoms with E-state index in [4.69, 9.17) is 19.9 Å². The fourth-order valence-electron chi connectivity index (χ4n) is 6.03. The number of hydrogen-bond acceptors (Lipinski definition) is 10. The predicted octanol–water partition coefficient (Wildman–Crippen LogP) is 1.90. The largest absolute Gasteiger partial charge is 0.508 e. The molecule has 1 unspecified atom stereocenters. The number of pyridine rings is 1. The van der Waals surface area contributed by atoms with E-state index in [1.165, 1.54) is 31.3 Å². The highest BCUT2D eigenvalue weighted by Crippen LogP contribution is 2.46. The van der Waals surface area contributed by atoms with Crippen molar-refractivity contribution in [1.29, 1.82) is 0 Å². The third-order valence-corrected chi connectivity index (χ3v) is 8.49. The van der Waals surface area contributed by atoms with Gasteiger partial charge >= 0.3 is 11.9 Å². The minimum absolute atomic E-state index is 0.00282. The van der Waals surface area contributed by atoms with Crippen LogP contribution in [0.5, 0.6) is 11.5 Å². The quantitative estimate of drug-likeness (QED) is 0.343. The van der Waals surface area contributed by atoms with Gasteiger partial charge in [-0.15, -0.1) is 0 Å². The highest BCUT2D eigenvalue weighted by molar-refractivity contribution is 5.96. The molecule has 5 atom stereocenters. The summed E-state index contributed by atoms with van der Waals surface area (Å²) in [4.78, 5) is 58.1. The summed E-state index contributed by atoms with van der Waals surface area (Å²) >= 11 is 0. The third-order valence-electron chi connectivity index (χ3n) is 8.49. The lowest BCUT2D eigenvalue weighted by Crippen LogP contribution is -2.55. The van der Waals surface area contributed by atoms with E-state index >= 15 is 0 Å². The van der Waals surface area contributed by atoms with E-state index in [1.54, 1.807) is 12.1 Å². The first-order valence-electron chi connectivity index (χ1n) is 14.6. The van der Waals surface area contributed by atoms with Crippen LogP contribution >= 0.6 is 0 Å². The summed E-state index contributed by atoms with van der Waals surface area (Å²) in [6.07, 6.45) is 7.78. The Hall–Kier alpha value is -4.19. The van der Waals surface area contributed by atoms with Gasteiger partial charge in [0.1, 0.15) is 29.2 Å². The van der Waals surface area contributed by atoms with E-state index in [0.717, 1.165) is 25.7 Å². The lowest BCUT2D eigenvalue weighted by atomic mass is 10.1. The maximum absolute atomic E-state index is 13.8. The van der Waals surface area contributed by atoms with Crippen molar-refractivity contribution in [3.05, 3.63) is 42.1 Å². The first kappa shape index (κ1) is 30.3. The molecule has 1 aromatic heterocycles. The van der Waals surface area contributed by atoms with Crippen molar-refractivity contribution < 1.29 is 38.5 Å². The molecule has 2 fully saturated rings. The van der Waals surface area contributed by atoms with Gasteiger partial charge < -0.3 is 35.3 Å². The molecule has 12 nitrogen and oxygen atoms in total. The van der Waals surface area contributed by atoms with Crippen LogP contribution in [0.2, 0.25) is 0 Å². The number of nitrogens with one attached hydrogen (secondary N) is 1. The second kappa shape index (κ2) is 12.6. The van der Waals surface area contributed by atoms with Crippen molar-refractivity contribution in [2.45, 2.75) is 75.1 Å². The zero-order chi connectivity index (χ0) is 30.7. The van der Waals surface area contributed by atoms with Crippen molar-refractivity contribution in [1.82, 2.24) is 15.2 Å².